The van der Waals surface area contributed by atoms with Gasteiger partial charge in [-0.25, -0.2) is 4.68 Å². The average molecular weight is 483 g/mol. The normalized spacial score (nSPS) is 14.2. The van der Waals surface area contributed by atoms with Crippen LogP contribution >= 0.6 is 0 Å². The highest BCUT2D eigenvalue weighted by molar-refractivity contribution is 5.95. The Hall–Kier alpha value is -4.04. The van der Waals surface area contributed by atoms with Gasteiger partial charge in [-0.05, 0) is 54.8 Å². The number of benzene rings is 3. The number of amides is 2. The molecule has 2 amide bonds. The quantitative estimate of drug-likeness (QED) is 0.455. The van der Waals surface area contributed by atoms with Crippen LogP contribution in [0.5, 0.6) is 0 Å². The van der Waals surface area contributed by atoms with Gasteiger partial charge >= 0.3 is 0 Å². The Bertz CT molecular complexity index is 1370. The molecule has 184 valence electrons. The predicted octanol–water partition coefficient (Wildman–Crippen LogP) is 3.49. The fraction of sp³-hybridized carbons (Fsp3) is 0.286. The molecule has 8 nitrogen and oxygen atoms in total. The first-order chi connectivity index (χ1) is 17.5. The molecule has 0 aliphatic carbocycles. The highest BCUT2D eigenvalue weighted by Crippen LogP contribution is 2.19. The highest BCUT2D eigenvalue weighted by atomic mass is 16.2. The lowest BCUT2D eigenvalue weighted by atomic mass is 10.1. The van der Waals surface area contributed by atoms with Gasteiger partial charge in [0.05, 0.1) is 18.6 Å². The predicted molar refractivity (Wildman–Crippen MR) is 140 cm³/mol. The van der Waals surface area contributed by atoms with Crippen molar-refractivity contribution in [3.8, 4) is 0 Å². The third kappa shape index (κ3) is 5.13. The molecule has 8 heteroatoms. The minimum absolute atomic E-state index is 0.0207. The van der Waals surface area contributed by atoms with Crippen molar-refractivity contribution in [2.24, 2.45) is 0 Å². The number of nitrogens with zero attached hydrogens (tertiary/aromatic N) is 5. The summed E-state index contributed by atoms with van der Waals surface area (Å²) < 4.78 is 1.86. The zero-order chi connectivity index (χ0) is 25.1. The molecule has 1 aliphatic heterocycles. The monoisotopic (exact) mass is 482 g/mol. The maximum atomic E-state index is 13.0. The minimum Gasteiger partial charge on any atom is -0.336 e. The van der Waals surface area contributed by atoms with Gasteiger partial charge in [-0.2, -0.15) is 0 Å². The highest BCUT2D eigenvalue weighted by Gasteiger charge is 2.23. The van der Waals surface area contributed by atoms with Gasteiger partial charge in [0, 0.05) is 37.4 Å². The number of carbonyl (C=O) groups excluding carboxylic acids is 2. The summed E-state index contributed by atoms with van der Waals surface area (Å²) in [5.41, 5.74) is 6.57. The third-order valence-corrected chi connectivity index (χ3v) is 6.73. The van der Waals surface area contributed by atoms with E-state index in [1.165, 1.54) is 0 Å². The van der Waals surface area contributed by atoms with Gasteiger partial charge in [0.1, 0.15) is 5.52 Å². The van der Waals surface area contributed by atoms with Crippen LogP contribution in [0.25, 0.3) is 11.0 Å². The molecule has 0 saturated carbocycles. The van der Waals surface area contributed by atoms with Gasteiger partial charge in [0.2, 0.25) is 5.91 Å². The van der Waals surface area contributed by atoms with E-state index in [1.54, 1.807) is 0 Å². The molecule has 4 aromatic rings. The van der Waals surface area contributed by atoms with Gasteiger partial charge in [0.25, 0.3) is 5.91 Å². The topological polar surface area (TPSA) is 83.4 Å². The van der Waals surface area contributed by atoms with Crippen LogP contribution in [0.3, 0.4) is 0 Å². The van der Waals surface area contributed by atoms with E-state index in [0.29, 0.717) is 44.8 Å². The van der Waals surface area contributed by atoms with Crippen LogP contribution in [0.1, 0.15) is 27.0 Å². The van der Waals surface area contributed by atoms with Crippen LogP contribution in [-0.4, -0.2) is 69.3 Å². The van der Waals surface area contributed by atoms with Crippen molar-refractivity contribution in [2.75, 3.05) is 38.0 Å². The van der Waals surface area contributed by atoms with Crippen molar-refractivity contribution in [1.29, 1.82) is 0 Å². The minimum atomic E-state index is -0.0251. The Labute approximate surface area is 210 Å². The lowest BCUT2D eigenvalue weighted by Crippen LogP contribution is -2.50. The summed E-state index contributed by atoms with van der Waals surface area (Å²) in [6.45, 7) is 7.45. The average Bonchev–Trinajstić information content (AvgIpc) is 3.30. The molecule has 0 unspecified atom stereocenters. The zero-order valence-electron chi connectivity index (χ0n) is 20.6. The van der Waals surface area contributed by atoms with Crippen LogP contribution in [0.2, 0.25) is 0 Å². The zero-order valence-corrected chi connectivity index (χ0v) is 20.6. The molecule has 1 fully saturated rings. The molecular formula is C28H30N6O2. The number of hydrogen-bond donors (Lipinski definition) is 1. The largest absolute Gasteiger partial charge is 0.336 e. The molecule has 0 bridgehead atoms. The van der Waals surface area contributed by atoms with Gasteiger partial charge in [-0.1, -0.05) is 47.7 Å². The number of rotatable bonds is 6. The summed E-state index contributed by atoms with van der Waals surface area (Å²) in [5.74, 6) is -0.00434. The van der Waals surface area contributed by atoms with E-state index in [9.17, 15) is 9.59 Å². The molecule has 3 aromatic carbocycles. The molecule has 1 saturated heterocycles. The number of aromatic nitrogens is 3. The summed E-state index contributed by atoms with van der Waals surface area (Å²) in [6, 6.07) is 21.5. The molecule has 5 rings (SSSR count). The molecular weight excluding hydrogens is 452 g/mol. The van der Waals surface area contributed by atoms with Gasteiger partial charge in [0.15, 0.2) is 0 Å². The lowest BCUT2D eigenvalue weighted by molar-refractivity contribution is -0.117. The van der Waals surface area contributed by atoms with Crippen LogP contribution in [0.15, 0.2) is 66.7 Å². The molecule has 0 spiro atoms. The van der Waals surface area contributed by atoms with E-state index in [0.717, 1.165) is 33.4 Å². The standard InChI is InChI=1S/C28H30N6O2/c1-20-6-5-7-21(2)27(20)29-26(35)19-32-14-16-33(17-15-32)28(36)23-12-10-22(11-13-23)18-34-25-9-4-3-8-24(25)30-31-34/h3-13H,14-19H2,1-2H3,(H,29,35). The maximum Gasteiger partial charge on any atom is 0.253 e. The fourth-order valence-electron chi connectivity index (χ4n) is 4.65. The number of aryl methyl sites for hydroxylation is 2. The van der Waals surface area contributed by atoms with Crippen molar-refractivity contribution < 1.29 is 9.59 Å². The first-order valence-electron chi connectivity index (χ1n) is 12.2. The second-order valence-corrected chi connectivity index (χ2v) is 9.32. The Kier molecular flexibility index (Phi) is 6.77. The van der Waals surface area contributed by atoms with Crippen molar-refractivity contribution >= 4 is 28.5 Å². The Morgan fingerprint density at radius 3 is 2.28 bits per heavy atom. The van der Waals surface area contributed by atoms with Crippen molar-refractivity contribution in [3.05, 3.63) is 89.0 Å². The van der Waals surface area contributed by atoms with Crippen LogP contribution in [0, 0.1) is 13.8 Å². The molecule has 0 atom stereocenters. The second kappa shape index (κ2) is 10.3. The van der Waals surface area contributed by atoms with Crippen molar-refractivity contribution in [1.82, 2.24) is 24.8 Å². The van der Waals surface area contributed by atoms with E-state index in [4.69, 9.17) is 0 Å². The molecule has 1 N–H and O–H groups in total. The number of nitrogens with one attached hydrogen (secondary N) is 1. The molecule has 1 aliphatic rings. The SMILES string of the molecule is Cc1cccc(C)c1NC(=O)CN1CCN(C(=O)c2ccc(Cn3nnc4ccccc43)cc2)CC1. The molecule has 1 aromatic heterocycles. The Morgan fingerprint density at radius 1 is 0.861 bits per heavy atom. The van der Waals surface area contributed by atoms with Crippen molar-refractivity contribution in [3.63, 3.8) is 0 Å². The molecule has 0 radical (unpaired) electrons. The lowest BCUT2D eigenvalue weighted by Gasteiger charge is -2.34. The van der Waals surface area contributed by atoms with Crippen LogP contribution in [-0.2, 0) is 11.3 Å². The number of carbonyl (C=O) groups is 2. The number of anilines is 1. The number of para-hydroxylation sites is 2. The summed E-state index contributed by atoms with van der Waals surface area (Å²) in [6.07, 6.45) is 0. The number of fused-ring (bicyclic) bond motifs is 1. The van der Waals surface area contributed by atoms with Gasteiger partial charge < -0.3 is 10.2 Å². The fourth-order valence-corrected chi connectivity index (χ4v) is 4.65. The van der Waals surface area contributed by atoms with E-state index in [-0.39, 0.29) is 11.8 Å². The number of piperazine rings is 1. The summed E-state index contributed by atoms with van der Waals surface area (Å²) in [5, 5.41) is 11.5. The maximum absolute atomic E-state index is 13.0. The Balaban J connectivity index is 1.13. The van der Waals surface area contributed by atoms with Crippen LogP contribution in [0.4, 0.5) is 5.69 Å². The summed E-state index contributed by atoms with van der Waals surface area (Å²) in [7, 11) is 0. The first-order valence-corrected chi connectivity index (χ1v) is 12.2. The number of hydrogen-bond acceptors (Lipinski definition) is 5. The second-order valence-electron chi connectivity index (χ2n) is 9.32. The van der Waals surface area contributed by atoms with Crippen LogP contribution < -0.4 is 5.32 Å². The van der Waals surface area contributed by atoms with E-state index in [1.807, 2.05) is 90.2 Å². The van der Waals surface area contributed by atoms with E-state index >= 15 is 0 Å². The summed E-state index contributed by atoms with van der Waals surface area (Å²) >= 11 is 0. The smallest absolute Gasteiger partial charge is 0.253 e. The van der Waals surface area contributed by atoms with Gasteiger partial charge in [-0.3, -0.25) is 14.5 Å². The molecule has 36 heavy (non-hydrogen) atoms. The first kappa shape index (κ1) is 23.7. The van der Waals surface area contributed by atoms with E-state index in [2.05, 4.69) is 20.5 Å². The van der Waals surface area contributed by atoms with E-state index < -0.39 is 0 Å². The summed E-state index contributed by atoms with van der Waals surface area (Å²) in [4.78, 5) is 29.6. The molecule has 2 heterocycles. The van der Waals surface area contributed by atoms with Crippen molar-refractivity contribution in [2.45, 2.75) is 20.4 Å². The Morgan fingerprint density at radius 2 is 1.56 bits per heavy atom. The third-order valence-electron chi connectivity index (χ3n) is 6.73. The van der Waals surface area contributed by atoms with Gasteiger partial charge in [-0.15, -0.1) is 5.10 Å².